The SMILES string of the molecule is CNCCN1CCN(c2ccc3[nH]c(-c4ccnc5[nH]ccc45)c(C(C)C)c3c2)CC1. The van der Waals surface area contributed by atoms with E-state index in [2.05, 4.69) is 74.2 Å². The molecule has 3 N–H and O–H groups in total. The summed E-state index contributed by atoms with van der Waals surface area (Å²) in [4.78, 5) is 16.5. The molecule has 0 atom stereocenters. The molecule has 1 aliphatic rings. The summed E-state index contributed by atoms with van der Waals surface area (Å²) >= 11 is 0. The van der Waals surface area contributed by atoms with Crippen molar-refractivity contribution in [3.8, 4) is 11.3 Å². The number of anilines is 1. The van der Waals surface area contributed by atoms with Crippen molar-refractivity contribution in [1.82, 2.24) is 25.2 Å². The van der Waals surface area contributed by atoms with E-state index in [4.69, 9.17) is 0 Å². The van der Waals surface area contributed by atoms with Crippen LogP contribution in [0.25, 0.3) is 33.2 Å². The summed E-state index contributed by atoms with van der Waals surface area (Å²) in [7, 11) is 2.02. The number of hydrogen-bond donors (Lipinski definition) is 3. The van der Waals surface area contributed by atoms with Crippen molar-refractivity contribution in [2.45, 2.75) is 19.8 Å². The lowest BCUT2D eigenvalue weighted by molar-refractivity contribution is 0.260. The molecule has 6 nitrogen and oxygen atoms in total. The Balaban J connectivity index is 1.51. The summed E-state index contributed by atoms with van der Waals surface area (Å²) in [6.07, 6.45) is 3.86. The first-order valence-corrected chi connectivity index (χ1v) is 11.4. The lowest BCUT2D eigenvalue weighted by Crippen LogP contribution is -2.48. The standard InChI is InChI=1S/C25H32N6/c1-17(2)23-21-16-18(31-14-12-30(13-15-31)11-10-26-3)4-5-22(21)29-24(23)19-6-8-27-25-20(19)7-9-28-25/h4-9,16-17,26,29H,10-15H2,1-3H3,(H,27,28). The van der Waals surface area contributed by atoms with E-state index >= 15 is 0 Å². The maximum Gasteiger partial charge on any atom is 0.137 e. The van der Waals surface area contributed by atoms with E-state index in [1.54, 1.807) is 0 Å². The Morgan fingerprint density at radius 2 is 1.90 bits per heavy atom. The van der Waals surface area contributed by atoms with Gasteiger partial charge < -0.3 is 20.2 Å². The van der Waals surface area contributed by atoms with E-state index in [9.17, 15) is 0 Å². The molecule has 31 heavy (non-hydrogen) atoms. The quantitative estimate of drug-likeness (QED) is 0.441. The number of H-pyrrole nitrogens is 2. The Labute approximate surface area is 183 Å². The molecule has 0 spiro atoms. The van der Waals surface area contributed by atoms with Gasteiger partial charge in [-0.1, -0.05) is 13.8 Å². The molecule has 0 aliphatic carbocycles. The zero-order chi connectivity index (χ0) is 21.4. The summed E-state index contributed by atoms with van der Waals surface area (Å²) < 4.78 is 0. The Bertz CT molecular complexity index is 1180. The van der Waals surface area contributed by atoms with Crippen LogP contribution in [-0.4, -0.2) is 66.2 Å². The van der Waals surface area contributed by atoms with Crippen molar-refractivity contribution >= 4 is 27.6 Å². The molecular weight excluding hydrogens is 384 g/mol. The number of pyridine rings is 1. The van der Waals surface area contributed by atoms with Crippen LogP contribution >= 0.6 is 0 Å². The second-order valence-electron chi connectivity index (χ2n) is 8.83. The molecule has 5 rings (SSSR count). The van der Waals surface area contributed by atoms with Crippen molar-refractivity contribution < 1.29 is 0 Å². The van der Waals surface area contributed by atoms with Crippen LogP contribution in [0.5, 0.6) is 0 Å². The number of nitrogens with one attached hydrogen (secondary N) is 3. The van der Waals surface area contributed by atoms with E-state index in [1.807, 2.05) is 19.4 Å². The Hall–Kier alpha value is -2.83. The topological polar surface area (TPSA) is 63.0 Å². The second-order valence-corrected chi connectivity index (χ2v) is 8.83. The third kappa shape index (κ3) is 3.70. The summed E-state index contributed by atoms with van der Waals surface area (Å²) in [5.74, 6) is 0.416. The van der Waals surface area contributed by atoms with Crippen molar-refractivity contribution in [1.29, 1.82) is 0 Å². The normalized spacial score (nSPS) is 15.5. The van der Waals surface area contributed by atoms with Crippen LogP contribution in [0.3, 0.4) is 0 Å². The number of likely N-dealkylation sites (N-methyl/N-ethyl adjacent to an activating group) is 1. The summed E-state index contributed by atoms with van der Waals surface area (Å²) in [5.41, 5.74) is 7.28. The molecule has 1 saturated heterocycles. The Kier molecular flexibility index (Phi) is 5.42. The number of piperazine rings is 1. The summed E-state index contributed by atoms with van der Waals surface area (Å²) in [5, 5.41) is 5.75. The van der Waals surface area contributed by atoms with E-state index in [0.717, 1.165) is 50.3 Å². The number of rotatable bonds is 6. The van der Waals surface area contributed by atoms with Gasteiger partial charge in [0.15, 0.2) is 0 Å². The molecule has 1 aliphatic heterocycles. The first-order chi connectivity index (χ1) is 15.2. The highest BCUT2D eigenvalue weighted by molar-refractivity contribution is 5.99. The van der Waals surface area contributed by atoms with Gasteiger partial charge in [0.1, 0.15) is 5.65 Å². The van der Waals surface area contributed by atoms with Crippen LogP contribution in [-0.2, 0) is 0 Å². The van der Waals surface area contributed by atoms with E-state index in [-0.39, 0.29) is 0 Å². The minimum absolute atomic E-state index is 0.416. The zero-order valence-corrected chi connectivity index (χ0v) is 18.7. The summed E-state index contributed by atoms with van der Waals surface area (Å²) in [6.45, 7) is 11.2. The van der Waals surface area contributed by atoms with Crippen LogP contribution < -0.4 is 10.2 Å². The van der Waals surface area contributed by atoms with Crippen LogP contribution in [0.2, 0.25) is 0 Å². The molecule has 6 heteroatoms. The van der Waals surface area contributed by atoms with Gasteiger partial charge in [0.25, 0.3) is 0 Å². The van der Waals surface area contributed by atoms with Gasteiger partial charge in [0.2, 0.25) is 0 Å². The molecule has 0 radical (unpaired) electrons. The maximum atomic E-state index is 4.47. The average molecular weight is 417 g/mol. The van der Waals surface area contributed by atoms with E-state index in [0.29, 0.717) is 5.92 Å². The zero-order valence-electron chi connectivity index (χ0n) is 18.7. The highest BCUT2D eigenvalue weighted by Crippen LogP contribution is 2.39. The van der Waals surface area contributed by atoms with E-state index in [1.165, 1.54) is 33.4 Å². The molecule has 162 valence electrons. The first kappa shape index (κ1) is 20.1. The van der Waals surface area contributed by atoms with Gasteiger partial charge in [-0.3, -0.25) is 4.90 Å². The number of benzene rings is 1. The molecule has 0 bridgehead atoms. The average Bonchev–Trinajstić information content (AvgIpc) is 3.42. The molecule has 0 unspecified atom stereocenters. The van der Waals surface area contributed by atoms with Gasteiger partial charge in [-0.2, -0.15) is 0 Å². The lowest BCUT2D eigenvalue weighted by Gasteiger charge is -2.36. The van der Waals surface area contributed by atoms with Crippen LogP contribution in [0.4, 0.5) is 5.69 Å². The van der Waals surface area contributed by atoms with Crippen molar-refractivity contribution in [2.24, 2.45) is 0 Å². The Morgan fingerprint density at radius 3 is 2.68 bits per heavy atom. The number of nitrogens with zero attached hydrogens (tertiary/aromatic N) is 3. The maximum absolute atomic E-state index is 4.47. The van der Waals surface area contributed by atoms with Gasteiger partial charge in [0.05, 0.1) is 5.69 Å². The van der Waals surface area contributed by atoms with Gasteiger partial charge in [-0.15, -0.1) is 0 Å². The second kappa shape index (κ2) is 8.36. The summed E-state index contributed by atoms with van der Waals surface area (Å²) in [6, 6.07) is 11.2. The molecule has 1 fully saturated rings. The highest BCUT2D eigenvalue weighted by Gasteiger charge is 2.21. The van der Waals surface area contributed by atoms with Crippen LogP contribution in [0.1, 0.15) is 25.3 Å². The molecule has 4 heterocycles. The monoisotopic (exact) mass is 416 g/mol. The molecule has 3 aromatic heterocycles. The van der Waals surface area contributed by atoms with Crippen molar-refractivity contribution in [3.05, 3.63) is 48.3 Å². The number of fused-ring (bicyclic) bond motifs is 2. The minimum Gasteiger partial charge on any atom is -0.369 e. The van der Waals surface area contributed by atoms with Gasteiger partial charge in [-0.05, 0) is 48.9 Å². The highest BCUT2D eigenvalue weighted by atomic mass is 15.3. The molecular formula is C25H32N6. The number of hydrogen-bond acceptors (Lipinski definition) is 4. The van der Waals surface area contributed by atoms with Gasteiger partial charge in [0, 0.05) is 79.2 Å². The predicted octanol–water partition coefficient (Wildman–Crippen LogP) is 4.18. The lowest BCUT2D eigenvalue weighted by atomic mass is 9.95. The fourth-order valence-electron chi connectivity index (χ4n) is 4.89. The molecule has 0 saturated carbocycles. The fourth-order valence-corrected chi connectivity index (χ4v) is 4.89. The predicted molar refractivity (Wildman–Crippen MR) is 130 cm³/mol. The minimum atomic E-state index is 0.416. The van der Waals surface area contributed by atoms with Crippen molar-refractivity contribution in [2.75, 3.05) is 51.2 Å². The first-order valence-electron chi connectivity index (χ1n) is 11.4. The van der Waals surface area contributed by atoms with E-state index < -0.39 is 0 Å². The van der Waals surface area contributed by atoms with Gasteiger partial charge in [-0.25, -0.2) is 4.98 Å². The van der Waals surface area contributed by atoms with Crippen LogP contribution in [0.15, 0.2) is 42.7 Å². The molecule has 4 aromatic rings. The van der Waals surface area contributed by atoms with Crippen molar-refractivity contribution in [3.63, 3.8) is 0 Å². The number of aromatic nitrogens is 3. The fraction of sp³-hybridized carbons (Fsp3) is 0.400. The van der Waals surface area contributed by atoms with Crippen LogP contribution in [0, 0.1) is 0 Å². The van der Waals surface area contributed by atoms with Gasteiger partial charge >= 0.3 is 0 Å². The Morgan fingerprint density at radius 1 is 1.06 bits per heavy atom. The number of aromatic amines is 2. The molecule has 1 aromatic carbocycles. The third-order valence-electron chi connectivity index (χ3n) is 6.54. The smallest absolute Gasteiger partial charge is 0.137 e. The molecule has 0 amide bonds. The largest absolute Gasteiger partial charge is 0.369 e. The third-order valence-corrected chi connectivity index (χ3v) is 6.54.